The summed E-state index contributed by atoms with van der Waals surface area (Å²) in [5.74, 6) is 0. The van der Waals surface area contributed by atoms with Gasteiger partial charge in [-0.25, -0.2) is 8.42 Å². The number of halogens is 1. The van der Waals surface area contributed by atoms with Gasteiger partial charge in [0, 0.05) is 22.1 Å². The minimum Gasteiger partial charge on any atom is -0.356 e. The van der Waals surface area contributed by atoms with Crippen LogP contribution in [0.5, 0.6) is 0 Å². The zero-order chi connectivity index (χ0) is 9.47. The van der Waals surface area contributed by atoms with E-state index in [9.17, 15) is 8.42 Å². The summed E-state index contributed by atoms with van der Waals surface area (Å²) in [6, 6.07) is 4.33. The van der Waals surface area contributed by atoms with E-state index in [0.29, 0.717) is 5.58 Å². The van der Waals surface area contributed by atoms with E-state index in [1.54, 1.807) is 6.07 Å². The third-order valence-corrected chi connectivity index (χ3v) is 2.96. The Morgan fingerprint density at radius 2 is 2.15 bits per heavy atom. The lowest BCUT2D eigenvalue weighted by molar-refractivity contribution is 0.456. The number of fused-ring (bicyclic) bond motifs is 1. The molecule has 0 fully saturated rings. The molecule has 2 aromatic rings. The van der Waals surface area contributed by atoms with Crippen molar-refractivity contribution in [3.8, 4) is 0 Å². The number of rotatable bonds is 1. The van der Waals surface area contributed by atoms with Gasteiger partial charge in [-0.05, 0) is 12.1 Å². The Kier molecular flexibility index (Phi) is 1.78. The number of aromatic nitrogens is 1. The van der Waals surface area contributed by atoms with E-state index in [2.05, 4.69) is 5.16 Å². The summed E-state index contributed by atoms with van der Waals surface area (Å²) in [4.78, 5) is 0.0124. The fourth-order valence-electron chi connectivity index (χ4n) is 0.992. The molecule has 1 heterocycles. The highest BCUT2D eigenvalue weighted by atomic mass is 35.7. The van der Waals surface area contributed by atoms with Crippen molar-refractivity contribution in [1.82, 2.24) is 5.16 Å². The standard InChI is InChI=1S/C7H4ClNO3S/c8-13(10,11)6-2-1-5-4-9-12-7(5)3-6/h1-4H. The lowest BCUT2D eigenvalue weighted by Gasteiger charge is -1.93. The van der Waals surface area contributed by atoms with Gasteiger partial charge in [-0.2, -0.15) is 0 Å². The summed E-state index contributed by atoms with van der Waals surface area (Å²) in [7, 11) is 1.45. The van der Waals surface area contributed by atoms with Gasteiger partial charge in [0.1, 0.15) is 0 Å². The monoisotopic (exact) mass is 217 g/mol. The molecule has 6 heteroatoms. The molecule has 0 saturated carbocycles. The van der Waals surface area contributed by atoms with Gasteiger partial charge in [0.2, 0.25) is 0 Å². The molecule has 0 amide bonds. The largest absolute Gasteiger partial charge is 0.356 e. The zero-order valence-electron chi connectivity index (χ0n) is 6.27. The second-order valence-corrected chi connectivity index (χ2v) is 5.03. The zero-order valence-corrected chi connectivity index (χ0v) is 7.84. The van der Waals surface area contributed by atoms with E-state index >= 15 is 0 Å². The molecule has 1 aromatic heterocycles. The molecule has 0 atom stereocenters. The molecule has 0 spiro atoms. The van der Waals surface area contributed by atoms with Crippen LogP contribution in [-0.2, 0) is 9.05 Å². The van der Waals surface area contributed by atoms with Crippen LogP contribution in [0, 0.1) is 0 Å². The van der Waals surface area contributed by atoms with Crippen molar-refractivity contribution in [3.05, 3.63) is 24.4 Å². The molecule has 1 aromatic carbocycles. The third kappa shape index (κ3) is 1.52. The van der Waals surface area contributed by atoms with Gasteiger partial charge in [-0.15, -0.1) is 0 Å². The van der Waals surface area contributed by atoms with Crippen LogP contribution in [0.1, 0.15) is 0 Å². The van der Waals surface area contributed by atoms with Gasteiger partial charge in [0.15, 0.2) is 5.58 Å². The summed E-state index contributed by atoms with van der Waals surface area (Å²) in [6.07, 6.45) is 1.50. The average molecular weight is 218 g/mol. The van der Waals surface area contributed by atoms with E-state index in [4.69, 9.17) is 15.2 Å². The normalized spacial score (nSPS) is 12.1. The van der Waals surface area contributed by atoms with Crippen molar-refractivity contribution in [2.24, 2.45) is 0 Å². The van der Waals surface area contributed by atoms with Gasteiger partial charge in [-0.3, -0.25) is 0 Å². The van der Waals surface area contributed by atoms with E-state index < -0.39 is 9.05 Å². The minimum atomic E-state index is -3.69. The van der Waals surface area contributed by atoms with Gasteiger partial charge >= 0.3 is 0 Å². The fourth-order valence-corrected chi connectivity index (χ4v) is 1.76. The number of hydrogen-bond donors (Lipinski definition) is 0. The van der Waals surface area contributed by atoms with Crippen molar-refractivity contribution in [2.75, 3.05) is 0 Å². The predicted molar refractivity (Wildman–Crippen MR) is 47.0 cm³/mol. The molecule has 0 radical (unpaired) electrons. The third-order valence-electron chi connectivity index (χ3n) is 1.61. The van der Waals surface area contributed by atoms with E-state index in [1.807, 2.05) is 0 Å². The summed E-state index contributed by atoms with van der Waals surface area (Å²) >= 11 is 0. The lowest BCUT2D eigenvalue weighted by Crippen LogP contribution is -1.88. The molecule has 68 valence electrons. The SMILES string of the molecule is O=S(=O)(Cl)c1ccc2cnoc2c1. The molecule has 0 unspecified atom stereocenters. The molecule has 0 N–H and O–H groups in total. The number of nitrogens with zero attached hydrogens (tertiary/aromatic N) is 1. The van der Waals surface area contributed by atoms with Gasteiger partial charge in [-0.1, -0.05) is 5.16 Å². The quantitative estimate of drug-likeness (QED) is 0.683. The summed E-state index contributed by atoms with van der Waals surface area (Å²) < 4.78 is 26.6. The molecule has 13 heavy (non-hydrogen) atoms. The number of benzene rings is 1. The Hall–Kier alpha value is -1.07. The van der Waals surface area contributed by atoms with Crippen molar-refractivity contribution >= 4 is 30.7 Å². The van der Waals surface area contributed by atoms with Crippen LogP contribution in [0.4, 0.5) is 0 Å². The van der Waals surface area contributed by atoms with Gasteiger partial charge < -0.3 is 4.52 Å². The highest BCUT2D eigenvalue weighted by Gasteiger charge is 2.11. The van der Waals surface area contributed by atoms with Crippen LogP contribution in [0.2, 0.25) is 0 Å². The van der Waals surface area contributed by atoms with Crippen molar-refractivity contribution in [1.29, 1.82) is 0 Å². The first-order valence-corrected chi connectivity index (χ1v) is 5.67. The molecule has 0 saturated heterocycles. The first-order chi connectivity index (χ1) is 6.07. The summed E-state index contributed by atoms with van der Waals surface area (Å²) in [5, 5.41) is 4.25. The Balaban J connectivity index is 2.75. The number of hydrogen-bond acceptors (Lipinski definition) is 4. The van der Waals surface area contributed by atoms with Crippen LogP contribution in [0.25, 0.3) is 11.0 Å². The molecular formula is C7H4ClNO3S. The smallest absolute Gasteiger partial charge is 0.261 e. The molecule has 0 aliphatic heterocycles. The first kappa shape index (κ1) is 8.52. The van der Waals surface area contributed by atoms with Gasteiger partial charge in [0.05, 0.1) is 11.1 Å². The van der Waals surface area contributed by atoms with Crippen LogP contribution in [0.3, 0.4) is 0 Å². The van der Waals surface area contributed by atoms with E-state index in [1.165, 1.54) is 18.3 Å². The van der Waals surface area contributed by atoms with Crippen LogP contribution in [-0.4, -0.2) is 13.6 Å². The van der Waals surface area contributed by atoms with Crippen molar-refractivity contribution in [2.45, 2.75) is 4.90 Å². The van der Waals surface area contributed by atoms with Crippen molar-refractivity contribution in [3.63, 3.8) is 0 Å². The average Bonchev–Trinajstić information content (AvgIpc) is 2.47. The molecule has 0 bridgehead atoms. The maximum atomic E-state index is 10.9. The van der Waals surface area contributed by atoms with Crippen molar-refractivity contribution < 1.29 is 12.9 Å². The van der Waals surface area contributed by atoms with Crippen LogP contribution in [0.15, 0.2) is 33.8 Å². The molecule has 2 rings (SSSR count). The van der Waals surface area contributed by atoms with Gasteiger partial charge in [0.25, 0.3) is 9.05 Å². The van der Waals surface area contributed by atoms with Crippen LogP contribution < -0.4 is 0 Å². The second kappa shape index (κ2) is 2.71. The maximum absolute atomic E-state index is 10.9. The highest BCUT2D eigenvalue weighted by molar-refractivity contribution is 8.13. The minimum absolute atomic E-state index is 0.0124. The molecular weight excluding hydrogens is 214 g/mol. The molecule has 0 aliphatic carbocycles. The lowest BCUT2D eigenvalue weighted by atomic mass is 10.3. The van der Waals surface area contributed by atoms with E-state index in [-0.39, 0.29) is 4.90 Å². The Morgan fingerprint density at radius 1 is 1.38 bits per heavy atom. The van der Waals surface area contributed by atoms with E-state index in [0.717, 1.165) is 5.39 Å². The summed E-state index contributed by atoms with van der Waals surface area (Å²) in [6.45, 7) is 0. The summed E-state index contributed by atoms with van der Waals surface area (Å²) in [5.41, 5.74) is 0.404. The Morgan fingerprint density at radius 3 is 2.85 bits per heavy atom. The molecule has 4 nitrogen and oxygen atoms in total. The second-order valence-electron chi connectivity index (χ2n) is 2.46. The predicted octanol–water partition coefficient (Wildman–Crippen LogP) is 1.76. The van der Waals surface area contributed by atoms with Crippen LogP contribution >= 0.6 is 10.7 Å². The Labute approximate surface area is 78.5 Å². The molecule has 0 aliphatic rings. The fraction of sp³-hybridized carbons (Fsp3) is 0. The maximum Gasteiger partial charge on any atom is 0.261 e. The topological polar surface area (TPSA) is 60.2 Å². The first-order valence-electron chi connectivity index (χ1n) is 3.36. The Bertz CT molecular complexity index is 546. The highest BCUT2D eigenvalue weighted by Crippen LogP contribution is 2.20.